The fourth-order valence-corrected chi connectivity index (χ4v) is 3.28. The first kappa shape index (κ1) is 21.4. The van der Waals surface area contributed by atoms with Crippen molar-refractivity contribution in [2.24, 2.45) is 0 Å². The first-order chi connectivity index (χ1) is 14.3. The summed E-state index contributed by atoms with van der Waals surface area (Å²) in [6.07, 6.45) is 2.36. The second-order valence-corrected chi connectivity index (χ2v) is 8.29. The molecule has 3 rings (SSSR count). The van der Waals surface area contributed by atoms with Gasteiger partial charge in [-0.2, -0.15) is 0 Å². The van der Waals surface area contributed by atoms with Crippen LogP contribution in [0.2, 0.25) is 0 Å². The first-order valence-corrected chi connectivity index (χ1v) is 10.2. The van der Waals surface area contributed by atoms with Crippen LogP contribution < -0.4 is 10.6 Å². The van der Waals surface area contributed by atoms with Gasteiger partial charge in [0.05, 0.1) is 0 Å². The lowest BCUT2D eigenvalue weighted by atomic mass is 10.0. The molecule has 0 aliphatic heterocycles. The highest BCUT2D eigenvalue weighted by molar-refractivity contribution is 5.88. The lowest BCUT2D eigenvalue weighted by molar-refractivity contribution is -0.123. The SMILES string of the molecule is CC(C)(C)OC(=O)N[C@@H](Cc1c[nH]c2ccccc12)C(=O)NCCc1ccccc1. The van der Waals surface area contributed by atoms with E-state index < -0.39 is 17.7 Å². The van der Waals surface area contributed by atoms with Gasteiger partial charge in [0.1, 0.15) is 11.6 Å². The molecule has 0 bridgehead atoms. The predicted octanol–water partition coefficient (Wildman–Crippen LogP) is 3.96. The minimum Gasteiger partial charge on any atom is -0.444 e. The third-order valence-electron chi connectivity index (χ3n) is 4.66. The second-order valence-electron chi connectivity index (χ2n) is 8.29. The smallest absolute Gasteiger partial charge is 0.408 e. The van der Waals surface area contributed by atoms with E-state index in [-0.39, 0.29) is 5.91 Å². The lowest BCUT2D eigenvalue weighted by Gasteiger charge is -2.23. The Bertz CT molecular complexity index is 990. The molecular weight excluding hydrogens is 378 g/mol. The summed E-state index contributed by atoms with van der Waals surface area (Å²) in [4.78, 5) is 28.5. The van der Waals surface area contributed by atoms with Crippen molar-refractivity contribution in [3.63, 3.8) is 0 Å². The van der Waals surface area contributed by atoms with Crippen LogP contribution in [0.3, 0.4) is 0 Å². The van der Waals surface area contributed by atoms with E-state index in [1.165, 1.54) is 0 Å². The summed E-state index contributed by atoms with van der Waals surface area (Å²) in [5.41, 5.74) is 2.46. The van der Waals surface area contributed by atoms with Crippen molar-refractivity contribution < 1.29 is 14.3 Å². The average molecular weight is 408 g/mol. The van der Waals surface area contributed by atoms with E-state index in [4.69, 9.17) is 4.74 Å². The molecule has 0 unspecified atom stereocenters. The molecule has 0 aliphatic rings. The lowest BCUT2D eigenvalue weighted by Crippen LogP contribution is -2.49. The number of carbonyl (C=O) groups excluding carboxylic acids is 2. The van der Waals surface area contributed by atoms with Crippen LogP contribution in [-0.4, -0.2) is 35.2 Å². The van der Waals surface area contributed by atoms with Crippen LogP contribution in [0.4, 0.5) is 4.79 Å². The van der Waals surface area contributed by atoms with Gasteiger partial charge in [0.25, 0.3) is 0 Å². The number of rotatable bonds is 7. The molecule has 0 saturated heterocycles. The van der Waals surface area contributed by atoms with Crippen LogP contribution in [0.1, 0.15) is 31.9 Å². The van der Waals surface area contributed by atoms with Gasteiger partial charge in [-0.05, 0) is 44.4 Å². The molecular formula is C24H29N3O3. The molecule has 6 heteroatoms. The predicted molar refractivity (Wildman–Crippen MR) is 118 cm³/mol. The van der Waals surface area contributed by atoms with Crippen molar-refractivity contribution in [3.8, 4) is 0 Å². The van der Waals surface area contributed by atoms with E-state index >= 15 is 0 Å². The molecule has 2 amide bonds. The summed E-state index contributed by atoms with van der Waals surface area (Å²) in [6, 6.07) is 17.1. The van der Waals surface area contributed by atoms with Gasteiger partial charge in [-0.25, -0.2) is 4.79 Å². The number of amides is 2. The third-order valence-corrected chi connectivity index (χ3v) is 4.66. The third kappa shape index (κ3) is 6.11. The number of benzene rings is 2. The number of fused-ring (bicyclic) bond motifs is 1. The molecule has 0 aliphatic carbocycles. The van der Waals surface area contributed by atoms with E-state index in [2.05, 4.69) is 15.6 Å². The highest BCUT2D eigenvalue weighted by Crippen LogP contribution is 2.19. The maximum atomic E-state index is 12.9. The van der Waals surface area contributed by atoms with E-state index in [0.29, 0.717) is 13.0 Å². The Labute approximate surface area is 177 Å². The molecule has 2 aromatic carbocycles. The fraction of sp³-hybridized carbons (Fsp3) is 0.333. The van der Waals surface area contributed by atoms with Gasteiger partial charge < -0.3 is 20.4 Å². The topological polar surface area (TPSA) is 83.2 Å². The number of carbonyl (C=O) groups is 2. The number of H-pyrrole nitrogens is 1. The highest BCUT2D eigenvalue weighted by atomic mass is 16.6. The molecule has 0 spiro atoms. The van der Waals surface area contributed by atoms with E-state index in [1.807, 2.05) is 60.8 Å². The number of aromatic nitrogens is 1. The van der Waals surface area contributed by atoms with Gasteiger partial charge in [0.2, 0.25) is 5.91 Å². The average Bonchev–Trinajstić information content (AvgIpc) is 3.10. The molecule has 1 aromatic heterocycles. The molecule has 0 saturated carbocycles. The molecule has 3 aromatic rings. The Kier molecular flexibility index (Phi) is 6.77. The van der Waals surface area contributed by atoms with Crippen LogP contribution in [0.25, 0.3) is 10.9 Å². The zero-order valence-electron chi connectivity index (χ0n) is 17.7. The molecule has 0 radical (unpaired) electrons. The van der Waals surface area contributed by atoms with E-state index in [0.717, 1.165) is 28.5 Å². The minimum atomic E-state index is -0.741. The first-order valence-electron chi connectivity index (χ1n) is 10.2. The number of hydrogen-bond donors (Lipinski definition) is 3. The molecule has 6 nitrogen and oxygen atoms in total. The van der Waals surface area contributed by atoms with Gasteiger partial charge in [0.15, 0.2) is 0 Å². The summed E-state index contributed by atoms with van der Waals surface area (Å²) in [6.45, 7) is 5.87. The number of ether oxygens (including phenoxy) is 1. The van der Waals surface area contributed by atoms with Crippen LogP contribution in [0.5, 0.6) is 0 Å². The molecule has 0 fully saturated rings. The summed E-state index contributed by atoms with van der Waals surface area (Å²) in [7, 11) is 0. The number of para-hydroxylation sites is 1. The Morgan fingerprint density at radius 2 is 1.73 bits per heavy atom. The Morgan fingerprint density at radius 3 is 2.47 bits per heavy atom. The van der Waals surface area contributed by atoms with Gasteiger partial charge in [-0.3, -0.25) is 4.79 Å². The molecule has 1 atom stereocenters. The quantitative estimate of drug-likeness (QED) is 0.554. The molecule has 30 heavy (non-hydrogen) atoms. The number of nitrogens with one attached hydrogen (secondary N) is 3. The van der Waals surface area contributed by atoms with Crippen molar-refractivity contribution in [2.75, 3.05) is 6.54 Å². The number of alkyl carbamates (subject to hydrolysis) is 1. The Morgan fingerprint density at radius 1 is 1.03 bits per heavy atom. The van der Waals surface area contributed by atoms with Gasteiger partial charge in [0, 0.05) is 30.1 Å². The van der Waals surface area contributed by atoms with Gasteiger partial charge >= 0.3 is 6.09 Å². The van der Waals surface area contributed by atoms with E-state index in [1.54, 1.807) is 20.8 Å². The van der Waals surface area contributed by atoms with Crippen LogP contribution in [-0.2, 0) is 22.4 Å². The monoisotopic (exact) mass is 407 g/mol. The van der Waals surface area contributed by atoms with Crippen LogP contribution >= 0.6 is 0 Å². The maximum absolute atomic E-state index is 12.9. The van der Waals surface area contributed by atoms with Crippen molar-refractivity contribution >= 4 is 22.9 Å². The summed E-state index contributed by atoms with van der Waals surface area (Å²) in [5.74, 6) is -0.234. The van der Waals surface area contributed by atoms with Crippen molar-refractivity contribution in [2.45, 2.75) is 45.3 Å². The van der Waals surface area contributed by atoms with Crippen LogP contribution in [0, 0.1) is 0 Å². The molecule has 3 N–H and O–H groups in total. The van der Waals surface area contributed by atoms with Crippen molar-refractivity contribution in [3.05, 3.63) is 71.9 Å². The van der Waals surface area contributed by atoms with Crippen molar-refractivity contribution in [1.29, 1.82) is 0 Å². The summed E-state index contributed by atoms with van der Waals surface area (Å²) < 4.78 is 5.36. The Balaban J connectivity index is 1.69. The largest absolute Gasteiger partial charge is 0.444 e. The zero-order chi connectivity index (χ0) is 21.6. The van der Waals surface area contributed by atoms with Gasteiger partial charge in [-0.15, -0.1) is 0 Å². The van der Waals surface area contributed by atoms with Crippen LogP contribution in [0.15, 0.2) is 60.8 Å². The van der Waals surface area contributed by atoms with E-state index in [9.17, 15) is 9.59 Å². The normalized spacial score (nSPS) is 12.4. The molecule has 158 valence electrons. The highest BCUT2D eigenvalue weighted by Gasteiger charge is 2.25. The standard InChI is InChI=1S/C24H29N3O3/c1-24(2,3)30-23(29)27-21(15-18-16-26-20-12-8-7-11-19(18)20)22(28)25-14-13-17-9-5-4-6-10-17/h4-12,16,21,26H,13-15H2,1-3H3,(H,25,28)(H,27,29)/t21-/m0/s1. The zero-order valence-corrected chi connectivity index (χ0v) is 17.7. The summed E-state index contributed by atoms with van der Waals surface area (Å²) in [5, 5.41) is 6.71. The summed E-state index contributed by atoms with van der Waals surface area (Å²) >= 11 is 0. The minimum absolute atomic E-state index is 0.234. The Hall–Kier alpha value is -3.28. The van der Waals surface area contributed by atoms with Crippen molar-refractivity contribution in [1.82, 2.24) is 15.6 Å². The second kappa shape index (κ2) is 9.48. The maximum Gasteiger partial charge on any atom is 0.408 e. The van der Waals surface area contributed by atoms with Gasteiger partial charge in [-0.1, -0.05) is 48.5 Å². The number of aromatic amines is 1. The molecule has 1 heterocycles. The fourth-order valence-electron chi connectivity index (χ4n) is 3.28. The number of hydrogen-bond acceptors (Lipinski definition) is 3.